The fourth-order valence-electron chi connectivity index (χ4n) is 1.88. The molecule has 0 unspecified atom stereocenters. The summed E-state index contributed by atoms with van der Waals surface area (Å²) in [5.74, 6) is -2.91. The molecule has 0 fully saturated rings. The number of hydrogen-bond acceptors (Lipinski definition) is 3. The molecule has 2 N–H and O–H groups in total. The second-order valence-corrected chi connectivity index (χ2v) is 6.75. The van der Waals surface area contributed by atoms with Gasteiger partial charge in [-0.2, -0.15) is 13.2 Å². The molecule has 0 aliphatic rings. The average molecular weight is 391 g/mol. The lowest BCUT2D eigenvalue weighted by Crippen LogP contribution is -2.52. The normalized spacial score (nSPS) is 14.0. The van der Waals surface area contributed by atoms with Crippen LogP contribution in [0.2, 0.25) is 0 Å². The fraction of sp³-hybridized carbons (Fsp3) is 0.235. The van der Waals surface area contributed by atoms with Crippen LogP contribution in [0, 0.1) is 18.6 Å². The van der Waals surface area contributed by atoms with Gasteiger partial charge in [0.15, 0.2) is 0 Å². The van der Waals surface area contributed by atoms with Gasteiger partial charge in [-0.3, -0.25) is 4.79 Å². The van der Waals surface area contributed by atoms with E-state index in [2.05, 4.69) is 0 Å². The molecule has 9 heteroatoms. The first-order valence-corrected chi connectivity index (χ1v) is 8.08. The zero-order chi connectivity index (χ0) is 19.7. The molecule has 0 heterocycles. The Kier molecular flexibility index (Phi) is 5.62. The minimum absolute atomic E-state index is 0.0940. The molecule has 1 amide bonds. The Morgan fingerprint density at radius 1 is 1.08 bits per heavy atom. The van der Waals surface area contributed by atoms with E-state index in [1.807, 2.05) is 5.32 Å². The van der Waals surface area contributed by atoms with Crippen molar-refractivity contribution in [3.63, 3.8) is 0 Å². The van der Waals surface area contributed by atoms with Gasteiger partial charge in [-0.05, 0) is 50.2 Å². The largest absolute Gasteiger partial charge is 0.426 e. The molecule has 26 heavy (non-hydrogen) atoms. The Labute approximate surface area is 150 Å². The van der Waals surface area contributed by atoms with Crippen molar-refractivity contribution in [3.05, 3.63) is 53.6 Å². The molecule has 0 aliphatic heterocycles. The highest BCUT2D eigenvalue weighted by Crippen LogP contribution is 2.35. The van der Waals surface area contributed by atoms with Gasteiger partial charge >= 0.3 is 6.18 Å². The number of hydrogen-bond donors (Lipinski definition) is 2. The minimum atomic E-state index is -5.18. The van der Waals surface area contributed by atoms with Crippen LogP contribution in [0.5, 0.6) is 0 Å². The molecule has 2 aromatic carbocycles. The van der Waals surface area contributed by atoms with Crippen molar-refractivity contribution in [1.82, 2.24) is 0 Å². The molecule has 140 valence electrons. The van der Waals surface area contributed by atoms with Gasteiger partial charge in [0.25, 0.3) is 5.91 Å². The molecule has 0 spiro atoms. The SMILES string of the molecule is Cc1c(NC(=O)[C@@](C)(O)C(F)(F)F)ccc(Sc2ccc(F)cc2)c1F. The predicted molar refractivity (Wildman–Crippen MR) is 87.0 cm³/mol. The van der Waals surface area contributed by atoms with Gasteiger partial charge in [-0.1, -0.05) is 11.8 Å². The number of nitrogens with one attached hydrogen (secondary N) is 1. The summed E-state index contributed by atoms with van der Waals surface area (Å²) in [6, 6.07) is 7.82. The summed E-state index contributed by atoms with van der Waals surface area (Å²) < 4.78 is 65.4. The topological polar surface area (TPSA) is 49.3 Å². The van der Waals surface area contributed by atoms with E-state index in [9.17, 15) is 31.9 Å². The summed E-state index contributed by atoms with van der Waals surface area (Å²) in [5, 5.41) is 11.2. The maximum Gasteiger partial charge on any atom is 0.426 e. The van der Waals surface area contributed by atoms with Gasteiger partial charge in [0.2, 0.25) is 5.60 Å². The summed E-state index contributed by atoms with van der Waals surface area (Å²) in [4.78, 5) is 12.4. The number of rotatable bonds is 4. The first-order valence-electron chi connectivity index (χ1n) is 7.26. The van der Waals surface area contributed by atoms with Crippen LogP contribution in [0.1, 0.15) is 12.5 Å². The second-order valence-electron chi connectivity index (χ2n) is 5.63. The van der Waals surface area contributed by atoms with Crippen LogP contribution in [0.25, 0.3) is 0 Å². The van der Waals surface area contributed by atoms with Crippen molar-refractivity contribution >= 4 is 23.4 Å². The van der Waals surface area contributed by atoms with Gasteiger partial charge in [0.1, 0.15) is 11.6 Å². The Balaban J connectivity index is 2.24. The number of amides is 1. The highest BCUT2D eigenvalue weighted by Gasteiger charge is 2.55. The Hall–Kier alpha value is -2.13. The van der Waals surface area contributed by atoms with E-state index in [1.165, 1.54) is 43.3 Å². The summed E-state index contributed by atoms with van der Waals surface area (Å²) in [6.07, 6.45) is -5.18. The highest BCUT2D eigenvalue weighted by atomic mass is 32.2. The summed E-state index contributed by atoms with van der Waals surface area (Å²) in [6.45, 7) is 1.59. The number of halogens is 5. The number of carbonyl (C=O) groups excluding carboxylic acids is 1. The van der Waals surface area contributed by atoms with Crippen molar-refractivity contribution in [2.45, 2.75) is 35.4 Å². The van der Waals surface area contributed by atoms with Crippen molar-refractivity contribution in [1.29, 1.82) is 0 Å². The lowest BCUT2D eigenvalue weighted by atomic mass is 10.1. The molecule has 2 aromatic rings. The molecular weight excluding hydrogens is 377 g/mol. The van der Waals surface area contributed by atoms with E-state index in [4.69, 9.17) is 0 Å². The van der Waals surface area contributed by atoms with Crippen LogP contribution in [0.3, 0.4) is 0 Å². The highest BCUT2D eigenvalue weighted by molar-refractivity contribution is 7.99. The van der Waals surface area contributed by atoms with Crippen molar-refractivity contribution in [2.24, 2.45) is 0 Å². The third kappa shape index (κ3) is 4.16. The Morgan fingerprint density at radius 2 is 1.65 bits per heavy atom. The number of benzene rings is 2. The van der Waals surface area contributed by atoms with Crippen LogP contribution in [-0.2, 0) is 4.79 Å². The van der Waals surface area contributed by atoms with E-state index in [0.717, 1.165) is 11.8 Å². The van der Waals surface area contributed by atoms with Crippen molar-refractivity contribution in [3.8, 4) is 0 Å². The molecule has 1 atom stereocenters. The minimum Gasteiger partial charge on any atom is -0.373 e. The predicted octanol–water partition coefficient (Wildman–Crippen LogP) is 4.68. The molecular formula is C17H14F5NO2S. The maximum atomic E-state index is 14.5. The van der Waals surface area contributed by atoms with E-state index < -0.39 is 29.3 Å². The molecule has 3 nitrogen and oxygen atoms in total. The zero-order valence-corrected chi connectivity index (χ0v) is 14.4. The van der Waals surface area contributed by atoms with Crippen LogP contribution in [0.15, 0.2) is 46.2 Å². The van der Waals surface area contributed by atoms with Crippen LogP contribution in [-0.4, -0.2) is 22.8 Å². The first-order chi connectivity index (χ1) is 11.9. The van der Waals surface area contributed by atoms with Gasteiger partial charge in [0, 0.05) is 21.0 Å². The Morgan fingerprint density at radius 3 is 2.19 bits per heavy atom. The van der Waals surface area contributed by atoms with E-state index >= 15 is 0 Å². The molecule has 0 bridgehead atoms. The quantitative estimate of drug-likeness (QED) is 0.745. The first kappa shape index (κ1) is 20.2. The standard InChI is InChI=1S/C17H14F5NO2S/c1-9-12(23-15(24)16(2,25)17(20,21)22)7-8-13(14(9)19)26-11-5-3-10(18)4-6-11/h3-8,25H,1-2H3,(H,23,24)/t16-/m1/s1. The molecule has 0 aromatic heterocycles. The molecule has 0 radical (unpaired) electrons. The van der Waals surface area contributed by atoms with Gasteiger partial charge in [0.05, 0.1) is 0 Å². The van der Waals surface area contributed by atoms with Gasteiger partial charge in [-0.25, -0.2) is 8.78 Å². The van der Waals surface area contributed by atoms with Crippen molar-refractivity contribution in [2.75, 3.05) is 5.32 Å². The van der Waals surface area contributed by atoms with E-state index in [1.54, 1.807) is 0 Å². The molecule has 0 aliphatic carbocycles. The molecule has 0 saturated heterocycles. The second kappa shape index (κ2) is 7.24. The van der Waals surface area contributed by atoms with E-state index in [0.29, 0.717) is 11.8 Å². The number of anilines is 1. The molecule has 0 saturated carbocycles. The fourth-order valence-corrected chi connectivity index (χ4v) is 2.78. The lowest BCUT2D eigenvalue weighted by Gasteiger charge is -2.25. The summed E-state index contributed by atoms with van der Waals surface area (Å²) in [7, 11) is 0. The lowest BCUT2D eigenvalue weighted by molar-refractivity contribution is -0.242. The van der Waals surface area contributed by atoms with Crippen molar-refractivity contribution < 1.29 is 31.9 Å². The maximum absolute atomic E-state index is 14.5. The van der Waals surface area contributed by atoms with Gasteiger partial charge in [-0.15, -0.1) is 0 Å². The number of aliphatic hydroxyl groups is 1. The Bertz CT molecular complexity index is 819. The zero-order valence-electron chi connectivity index (χ0n) is 13.6. The third-order valence-electron chi connectivity index (χ3n) is 3.63. The van der Waals surface area contributed by atoms with Gasteiger partial charge < -0.3 is 10.4 Å². The average Bonchev–Trinajstić information content (AvgIpc) is 2.55. The molecule has 2 rings (SSSR count). The smallest absolute Gasteiger partial charge is 0.373 e. The monoisotopic (exact) mass is 391 g/mol. The number of carbonyl (C=O) groups is 1. The van der Waals surface area contributed by atoms with E-state index in [-0.39, 0.29) is 16.1 Å². The third-order valence-corrected chi connectivity index (χ3v) is 4.68. The summed E-state index contributed by atoms with van der Waals surface area (Å²) >= 11 is 0.991. The summed E-state index contributed by atoms with van der Waals surface area (Å²) in [5.41, 5.74) is -3.90. The van der Waals surface area contributed by atoms with Crippen LogP contribution >= 0.6 is 11.8 Å². The van der Waals surface area contributed by atoms with Crippen LogP contribution in [0.4, 0.5) is 27.6 Å². The van der Waals surface area contributed by atoms with Crippen LogP contribution < -0.4 is 5.32 Å². The number of alkyl halides is 3.